The van der Waals surface area contributed by atoms with E-state index in [-0.39, 0.29) is 17.7 Å². The third kappa shape index (κ3) is 3.69. The van der Waals surface area contributed by atoms with Crippen LogP contribution in [0.25, 0.3) is 5.69 Å². The Hall–Kier alpha value is -2.89. The molecule has 0 unspecified atom stereocenters. The monoisotopic (exact) mass is 352 g/mol. The molecule has 1 aromatic carbocycles. The fourth-order valence-electron chi connectivity index (χ4n) is 3.29. The Balaban J connectivity index is 1.72. The molecule has 0 saturated carbocycles. The first kappa shape index (κ1) is 17.9. The van der Waals surface area contributed by atoms with Crippen LogP contribution in [0.2, 0.25) is 0 Å². The summed E-state index contributed by atoms with van der Waals surface area (Å²) in [6.45, 7) is 8.60. The molecular weight excluding hydrogens is 328 g/mol. The van der Waals surface area contributed by atoms with E-state index < -0.39 is 0 Å². The van der Waals surface area contributed by atoms with Gasteiger partial charge < -0.3 is 10.2 Å². The van der Waals surface area contributed by atoms with Gasteiger partial charge in [-0.25, -0.2) is 4.68 Å². The van der Waals surface area contributed by atoms with Crippen molar-refractivity contribution in [2.45, 2.75) is 26.7 Å². The van der Waals surface area contributed by atoms with E-state index in [2.05, 4.69) is 17.0 Å². The lowest BCUT2D eigenvalue weighted by molar-refractivity contribution is -0.130. The number of rotatable bonds is 4. The van der Waals surface area contributed by atoms with Crippen LogP contribution in [0.5, 0.6) is 0 Å². The Morgan fingerprint density at radius 2 is 1.92 bits per heavy atom. The summed E-state index contributed by atoms with van der Waals surface area (Å²) >= 11 is 0. The number of aryl methyl sites for hydroxylation is 2. The highest BCUT2D eigenvalue weighted by Gasteiger charge is 2.27. The molecule has 1 N–H and O–H groups in total. The van der Waals surface area contributed by atoms with Crippen molar-refractivity contribution in [2.75, 3.05) is 18.4 Å². The van der Waals surface area contributed by atoms with Crippen molar-refractivity contribution in [3.05, 3.63) is 54.2 Å². The maximum absolute atomic E-state index is 12.7. The maximum atomic E-state index is 12.7. The van der Waals surface area contributed by atoms with Crippen molar-refractivity contribution in [3.63, 3.8) is 0 Å². The van der Waals surface area contributed by atoms with Gasteiger partial charge in [0, 0.05) is 25.1 Å². The van der Waals surface area contributed by atoms with E-state index in [1.165, 1.54) is 6.08 Å². The predicted octanol–water partition coefficient (Wildman–Crippen LogP) is 2.85. The van der Waals surface area contributed by atoms with Crippen molar-refractivity contribution < 1.29 is 9.59 Å². The lowest BCUT2D eigenvalue weighted by Crippen LogP contribution is -2.40. The molecule has 1 saturated heterocycles. The fourth-order valence-corrected chi connectivity index (χ4v) is 3.29. The molecular formula is C20H24N4O2. The van der Waals surface area contributed by atoms with Gasteiger partial charge in [0.05, 0.1) is 11.4 Å². The summed E-state index contributed by atoms with van der Waals surface area (Å²) in [5.41, 5.74) is 2.87. The molecule has 0 spiro atoms. The standard InChI is InChI=1S/C20H24N4O2/c1-4-19(25)23-11-9-16(10-12-23)20(26)21-18-13-15(3)22-24(18)17-8-6-5-7-14(17)2/h4-8,13,16H,1,9-12H2,2-3H3,(H,21,26). The van der Waals surface area contributed by atoms with Gasteiger partial charge in [0.15, 0.2) is 0 Å². The highest BCUT2D eigenvalue weighted by atomic mass is 16.2. The number of piperidine rings is 1. The number of hydrogen-bond donors (Lipinski definition) is 1. The minimum Gasteiger partial charge on any atom is -0.339 e. The number of anilines is 1. The van der Waals surface area contributed by atoms with Crippen LogP contribution in [0.4, 0.5) is 5.82 Å². The van der Waals surface area contributed by atoms with Gasteiger partial charge in [0.25, 0.3) is 0 Å². The summed E-state index contributed by atoms with van der Waals surface area (Å²) in [5.74, 6) is 0.471. The lowest BCUT2D eigenvalue weighted by Gasteiger charge is -2.30. The number of amides is 2. The molecule has 6 heteroatoms. The summed E-state index contributed by atoms with van der Waals surface area (Å²) in [4.78, 5) is 26.1. The smallest absolute Gasteiger partial charge is 0.245 e. The fraction of sp³-hybridized carbons (Fsp3) is 0.350. The zero-order valence-corrected chi connectivity index (χ0v) is 15.2. The number of benzene rings is 1. The quantitative estimate of drug-likeness (QED) is 0.861. The lowest BCUT2D eigenvalue weighted by atomic mass is 9.96. The number of nitrogens with one attached hydrogen (secondary N) is 1. The Labute approximate surface area is 153 Å². The Morgan fingerprint density at radius 3 is 2.58 bits per heavy atom. The largest absolute Gasteiger partial charge is 0.339 e. The minimum atomic E-state index is -0.107. The minimum absolute atomic E-state index is 0.0227. The van der Waals surface area contributed by atoms with Gasteiger partial charge in [-0.3, -0.25) is 9.59 Å². The molecule has 1 aliphatic rings. The van der Waals surface area contributed by atoms with Crippen molar-refractivity contribution in [3.8, 4) is 5.69 Å². The average molecular weight is 352 g/mol. The van der Waals surface area contributed by atoms with E-state index in [4.69, 9.17) is 0 Å². The van der Waals surface area contributed by atoms with Crippen molar-refractivity contribution in [1.29, 1.82) is 0 Å². The van der Waals surface area contributed by atoms with Crippen molar-refractivity contribution >= 4 is 17.6 Å². The highest BCUT2D eigenvalue weighted by molar-refractivity contribution is 5.92. The number of likely N-dealkylation sites (tertiary alicyclic amines) is 1. The van der Waals surface area contributed by atoms with E-state index in [1.807, 2.05) is 44.2 Å². The number of para-hydroxylation sites is 1. The van der Waals surface area contributed by atoms with Gasteiger partial charge in [-0.05, 0) is 44.4 Å². The summed E-state index contributed by atoms with van der Waals surface area (Å²) in [5, 5.41) is 7.55. The number of hydrogen-bond acceptors (Lipinski definition) is 3. The summed E-state index contributed by atoms with van der Waals surface area (Å²) in [7, 11) is 0. The third-order valence-corrected chi connectivity index (χ3v) is 4.78. The number of carbonyl (C=O) groups is 2. The van der Waals surface area contributed by atoms with Gasteiger partial charge in [0.1, 0.15) is 5.82 Å². The van der Waals surface area contributed by atoms with Gasteiger partial charge in [-0.2, -0.15) is 5.10 Å². The summed E-state index contributed by atoms with van der Waals surface area (Å²) in [6.07, 6.45) is 2.63. The molecule has 0 bridgehead atoms. The molecule has 0 atom stereocenters. The second kappa shape index (κ2) is 7.56. The molecule has 1 aliphatic heterocycles. The van der Waals surface area contributed by atoms with Crippen LogP contribution in [-0.4, -0.2) is 39.6 Å². The molecule has 1 fully saturated rings. The van der Waals surface area contributed by atoms with Crippen LogP contribution in [0.1, 0.15) is 24.1 Å². The van der Waals surface area contributed by atoms with Crippen LogP contribution in [-0.2, 0) is 9.59 Å². The third-order valence-electron chi connectivity index (χ3n) is 4.78. The second-order valence-electron chi connectivity index (χ2n) is 6.66. The number of nitrogens with zero attached hydrogens (tertiary/aromatic N) is 3. The molecule has 136 valence electrons. The Morgan fingerprint density at radius 1 is 1.23 bits per heavy atom. The van der Waals surface area contributed by atoms with E-state index in [0.29, 0.717) is 31.7 Å². The van der Waals surface area contributed by atoms with E-state index in [0.717, 1.165) is 16.9 Å². The number of aromatic nitrogens is 2. The predicted molar refractivity (Wildman–Crippen MR) is 101 cm³/mol. The normalized spacial score (nSPS) is 14.9. The Kier molecular flexibility index (Phi) is 5.21. The molecule has 2 heterocycles. The van der Waals surface area contributed by atoms with Crippen LogP contribution in [0, 0.1) is 19.8 Å². The van der Waals surface area contributed by atoms with Crippen LogP contribution in [0.3, 0.4) is 0 Å². The molecule has 2 aromatic rings. The first-order chi connectivity index (χ1) is 12.5. The molecule has 0 radical (unpaired) electrons. The molecule has 6 nitrogen and oxygen atoms in total. The Bertz CT molecular complexity index is 832. The molecule has 0 aliphatic carbocycles. The zero-order valence-electron chi connectivity index (χ0n) is 15.2. The first-order valence-electron chi connectivity index (χ1n) is 8.84. The van der Waals surface area contributed by atoms with E-state index in [9.17, 15) is 9.59 Å². The maximum Gasteiger partial charge on any atom is 0.245 e. The van der Waals surface area contributed by atoms with Gasteiger partial charge in [-0.1, -0.05) is 24.8 Å². The number of carbonyl (C=O) groups excluding carboxylic acids is 2. The van der Waals surface area contributed by atoms with Gasteiger partial charge in [0.2, 0.25) is 11.8 Å². The van der Waals surface area contributed by atoms with Crippen molar-refractivity contribution in [2.24, 2.45) is 5.92 Å². The van der Waals surface area contributed by atoms with Crippen molar-refractivity contribution in [1.82, 2.24) is 14.7 Å². The molecule has 26 heavy (non-hydrogen) atoms. The second-order valence-corrected chi connectivity index (χ2v) is 6.66. The summed E-state index contributed by atoms with van der Waals surface area (Å²) < 4.78 is 1.78. The van der Waals surface area contributed by atoms with Gasteiger partial charge >= 0.3 is 0 Å². The average Bonchev–Trinajstić information content (AvgIpc) is 3.01. The molecule has 1 aromatic heterocycles. The topological polar surface area (TPSA) is 67.2 Å². The van der Waals surface area contributed by atoms with Crippen LogP contribution >= 0.6 is 0 Å². The van der Waals surface area contributed by atoms with E-state index >= 15 is 0 Å². The molecule has 3 rings (SSSR count). The molecule has 2 amide bonds. The SMILES string of the molecule is C=CC(=O)N1CCC(C(=O)Nc2cc(C)nn2-c2ccccc2C)CC1. The highest BCUT2D eigenvalue weighted by Crippen LogP contribution is 2.23. The summed E-state index contributed by atoms with van der Waals surface area (Å²) in [6, 6.07) is 9.81. The van der Waals surface area contributed by atoms with Gasteiger partial charge in [-0.15, -0.1) is 0 Å². The van der Waals surface area contributed by atoms with E-state index in [1.54, 1.807) is 9.58 Å². The zero-order chi connectivity index (χ0) is 18.7. The first-order valence-corrected chi connectivity index (χ1v) is 8.84. The van der Waals surface area contributed by atoms with Crippen LogP contribution in [0.15, 0.2) is 43.0 Å². The van der Waals surface area contributed by atoms with Crippen LogP contribution < -0.4 is 5.32 Å².